The minimum Gasteiger partial charge on any atom is -0.481 e. The Balaban J connectivity index is 1.45. The highest BCUT2D eigenvalue weighted by molar-refractivity contribution is 5.85. The number of nitrogens with one attached hydrogen (secondary N) is 2. The van der Waals surface area contributed by atoms with E-state index in [4.69, 9.17) is 21.4 Å². The van der Waals surface area contributed by atoms with E-state index in [9.17, 15) is 4.79 Å². The van der Waals surface area contributed by atoms with Crippen LogP contribution in [0.15, 0.2) is 72.8 Å². The highest BCUT2D eigenvalue weighted by Crippen LogP contribution is 2.39. The van der Waals surface area contributed by atoms with Crippen LogP contribution >= 0.6 is 0 Å². The zero-order chi connectivity index (χ0) is 34.9. The summed E-state index contributed by atoms with van der Waals surface area (Å²) in [4.78, 5) is 21.5. The number of aromatic nitrogens is 3. The molecule has 0 amide bonds. The molecule has 5 aromatic rings. The van der Waals surface area contributed by atoms with Crippen LogP contribution in [0.5, 0.6) is 11.5 Å². The van der Waals surface area contributed by atoms with Gasteiger partial charge in [-0.05, 0) is 54.7 Å². The summed E-state index contributed by atoms with van der Waals surface area (Å²) in [5, 5.41) is 10.6. The second-order valence-electron chi connectivity index (χ2n) is 12.0. The van der Waals surface area contributed by atoms with Crippen molar-refractivity contribution in [1.82, 2.24) is 20.0 Å². The van der Waals surface area contributed by atoms with E-state index in [2.05, 4.69) is 15.0 Å². The molecule has 7 N–H and O–H groups in total. The maximum Gasteiger partial charge on any atom is 0.303 e. The van der Waals surface area contributed by atoms with Gasteiger partial charge in [-0.1, -0.05) is 24.6 Å². The van der Waals surface area contributed by atoms with Crippen molar-refractivity contribution in [2.75, 3.05) is 0 Å². The number of nitrogens with zero attached hydrogens (tertiary/aromatic N) is 2. The highest BCUT2D eigenvalue weighted by atomic mass is 19.3. The van der Waals surface area contributed by atoms with Gasteiger partial charge in [0, 0.05) is 65.6 Å². The van der Waals surface area contributed by atoms with Crippen molar-refractivity contribution in [3.8, 4) is 22.9 Å². The number of aliphatic carboxylic acids is 1. The summed E-state index contributed by atoms with van der Waals surface area (Å²) >= 11 is 0. The molecule has 3 heterocycles. The minimum atomic E-state index is -3.46. The van der Waals surface area contributed by atoms with Crippen LogP contribution in [0.1, 0.15) is 60.4 Å². The molecule has 0 saturated carbocycles. The number of H-pyrrole nitrogens is 2. The molecule has 14 heteroatoms. The van der Waals surface area contributed by atoms with E-state index >= 15 is 22.0 Å². The number of allylic oxidation sites excluding steroid dienone is 1. The Labute approximate surface area is 277 Å². The number of carboxylic acid groups (broad SMARTS) is 1. The third-order valence-corrected chi connectivity index (χ3v) is 8.64. The number of ether oxygens (including phenoxy) is 1. The molecule has 9 nitrogen and oxygen atoms in total. The smallest absolute Gasteiger partial charge is 0.303 e. The summed E-state index contributed by atoms with van der Waals surface area (Å²) in [6.45, 7) is -0.271. The number of carboxylic acids is 1. The maximum absolute atomic E-state index is 15.9. The molecule has 4 bridgehead atoms. The molecular weight excluding hydrogens is 647 g/mol. The van der Waals surface area contributed by atoms with Gasteiger partial charge in [0.2, 0.25) is 0 Å². The Morgan fingerprint density at radius 1 is 1.10 bits per heavy atom. The monoisotopic (exact) mass is 680 g/mol. The van der Waals surface area contributed by atoms with Crippen molar-refractivity contribution in [2.45, 2.75) is 56.9 Å². The van der Waals surface area contributed by atoms with Gasteiger partial charge < -0.3 is 30.6 Å². The summed E-state index contributed by atoms with van der Waals surface area (Å²) in [5.74, 6) is -1.37. The third-order valence-electron chi connectivity index (χ3n) is 8.64. The van der Waals surface area contributed by atoms with Gasteiger partial charge >= 0.3 is 5.97 Å². The molecule has 6 rings (SSSR count). The van der Waals surface area contributed by atoms with Gasteiger partial charge in [-0.2, -0.15) is 8.78 Å². The van der Waals surface area contributed by atoms with E-state index in [-0.39, 0.29) is 78.2 Å². The Bertz CT molecular complexity index is 2040. The fourth-order valence-electron chi connectivity index (χ4n) is 6.13. The number of hydrogen-bond donors (Lipinski definition) is 5. The summed E-state index contributed by atoms with van der Waals surface area (Å²) in [6, 6.07) is 11.2. The molecule has 3 aromatic carbocycles. The standard InChI is InChI=1S/C35H33F5N6O3/c36-26-9-8-20-14-24(26)34-44-16-29(45-34)21(23-6-3-4-19(32(23)38)7-10-31(47)48)5-1-2-12-35(39,40)30(41)18-46(42)17-25-22-11-13-43-28(22)15-27(37)33(25)49-20/h3-4,6,8-9,11,13-16,18,21,43H,1-2,5,7,10,12,17,41-42H2,(H,44,45)(H,47,48)/b30-18-. The van der Waals surface area contributed by atoms with Gasteiger partial charge in [0.05, 0.1) is 17.8 Å². The molecule has 256 valence electrons. The fraction of sp³-hybridized carbons (Fsp3) is 0.257. The molecule has 1 aliphatic heterocycles. The van der Waals surface area contributed by atoms with E-state index in [1.54, 1.807) is 18.3 Å². The van der Waals surface area contributed by atoms with E-state index in [0.717, 1.165) is 17.3 Å². The van der Waals surface area contributed by atoms with E-state index in [1.807, 2.05) is 0 Å². The molecular formula is C35H33F5N6O3. The first kappa shape index (κ1) is 33.5. The van der Waals surface area contributed by atoms with Crippen LogP contribution in [0, 0.1) is 17.5 Å². The number of aryl methyl sites for hydroxylation is 1. The lowest BCUT2D eigenvalue weighted by atomic mass is 9.88. The van der Waals surface area contributed by atoms with Crippen molar-refractivity contribution in [3.63, 3.8) is 0 Å². The second kappa shape index (κ2) is 13.6. The Hall–Kier alpha value is -5.37. The van der Waals surface area contributed by atoms with Crippen molar-refractivity contribution >= 4 is 16.9 Å². The minimum absolute atomic E-state index is 0.00748. The lowest BCUT2D eigenvalue weighted by molar-refractivity contribution is -0.136. The predicted octanol–water partition coefficient (Wildman–Crippen LogP) is 7.60. The molecule has 0 aliphatic carbocycles. The Kier molecular flexibility index (Phi) is 9.32. The number of hydrogen-bond acceptors (Lipinski definition) is 6. The van der Waals surface area contributed by atoms with Crippen LogP contribution in [0.4, 0.5) is 22.0 Å². The molecule has 0 saturated heterocycles. The molecule has 1 atom stereocenters. The fourth-order valence-corrected chi connectivity index (χ4v) is 6.13. The molecule has 2 aromatic heterocycles. The number of benzene rings is 3. The quantitative estimate of drug-likeness (QED) is 0.0971. The van der Waals surface area contributed by atoms with Crippen LogP contribution < -0.4 is 16.3 Å². The normalized spacial score (nSPS) is 18.0. The summed E-state index contributed by atoms with van der Waals surface area (Å²) in [5.41, 5.74) is 6.44. The van der Waals surface area contributed by atoms with Gasteiger partial charge in [-0.3, -0.25) is 4.79 Å². The number of fused-ring (bicyclic) bond motifs is 8. The van der Waals surface area contributed by atoms with E-state index in [1.165, 1.54) is 36.5 Å². The van der Waals surface area contributed by atoms with Gasteiger partial charge in [0.1, 0.15) is 23.2 Å². The average Bonchev–Trinajstić information content (AvgIpc) is 3.73. The summed E-state index contributed by atoms with van der Waals surface area (Å²) in [7, 11) is 0. The van der Waals surface area contributed by atoms with Crippen molar-refractivity contribution < 1.29 is 36.6 Å². The van der Waals surface area contributed by atoms with Crippen LogP contribution in [-0.2, 0) is 17.8 Å². The number of aromatic amines is 2. The van der Waals surface area contributed by atoms with Gasteiger partial charge in [-0.15, -0.1) is 0 Å². The molecule has 1 aliphatic rings. The number of hydrazine groups is 1. The van der Waals surface area contributed by atoms with Crippen LogP contribution in [0.3, 0.4) is 0 Å². The SMILES string of the molecule is N/C1=C\N(N)Cc2c(c(F)cc3[nH]ccc23)Oc2ccc(F)c(c2)-c2ncc([nH]2)C(c2cccc(CCC(=O)O)c2F)CCCCC1(F)F. The van der Waals surface area contributed by atoms with E-state index in [0.29, 0.717) is 16.6 Å². The van der Waals surface area contributed by atoms with Crippen LogP contribution in [-0.4, -0.2) is 37.0 Å². The average molecular weight is 681 g/mol. The molecule has 1 unspecified atom stereocenters. The van der Waals surface area contributed by atoms with E-state index < -0.39 is 47.4 Å². The molecule has 0 radical (unpaired) electrons. The largest absolute Gasteiger partial charge is 0.481 e. The first-order valence-corrected chi connectivity index (χ1v) is 15.6. The van der Waals surface area contributed by atoms with Crippen molar-refractivity contribution in [2.24, 2.45) is 11.6 Å². The van der Waals surface area contributed by atoms with Crippen LogP contribution in [0.25, 0.3) is 22.3 Å². The number of alkyl halides is 2. The lowest BCUT2D eigenvalue weighted by Gasteiger charge is -2.22. The van der Waals surface area contributed by atoms with Crippen molar-refractivity contribution in [3.05, 3.63) is 113 Å². The van der Waals surface area contributed by atoms with Gasteiger partial charge in [0.15, 0.2) is 11.6 Å². The molecule has 0 fully saturated rings. The third kappa shape index (κ3) is 7.09. The van der Waals surface area contributed by atoms with Crippen LogP contribution in [0.2, 0.25) is 0 Å². The van der Waals surface area contributed by atoms with Gasteiger partial charge in [0.25, 0.3) is 5.92 Å². The number of halogens is 5. The zero-order valence-corrected chi connectivity index (χ0v) is 26.1. The number of rotatable bonds is 4. The number of carbonyl (C=O) groups is 1. The first-order chi connectivity index (χ1) is 23.4. The summed E-state index contributed by atoms with van der Waals surface area (Å²) < 4.78 is 83.2. The summed E-state index contributed by atoms with van der Waals surface area (Å²) in [6.07, 6.45) is 3.30. The van der Waals surface area contributed by atoms with Crippen molar-refractivity contribution in [1.29, 1.82) is 0 Å². The maximum atomic E-state index is 15.9. The second-order valence-corrected chi connectivity index (χ2v) is 12.0. The molecule has 0 spiro atoms. The Morgan fingerprint density at radius 2 is 1.92 bits per heavy atom. The topological polar surface area (TPSA) is 146 Å². The zero-order valence-electron chi connectivity index (χ0n) is 26.1. The molecule has 49 heavy (non-hydrogen) atoms. The first-order valence-electron chi connectivity index (χ1n) is 15.6. The lowest BCUT2D eigenvalue weighted by Crippen LogP contribution is -2.32. The van der Waals surface area contributed by atoms with Gasteiger partial charge in [-0.25, -0.2) is 24.0 Å². The predicted molar refractivity (Wildman–Crippen MR) is 172 cm³/mol. The highest BCUT2D eigenvalue weighted by Gasteiger charge is 2.33. The Morgan fingerprint density at radius 3 is 2.71 bits per heavy atom. The number of imidazole rings is 1. The number of nitrogens with two attached hydrogens (primary N) is 2.